The smallest absolute Gasteiger partial charge is 0.329 e. The van der Waals surface area contributed by atoms with Crippen LogP contribution in [0.15, 0.2) is 30.3 Å². The lowest BCUT2D eigenvalue weighted by atomic mass is 9.91. The number of carboxylic acid groups (broad SMARTS) is 1. The van der Waals surface area contributed by atoms with Crippen LogP contribution in [0.4, 0.5) is 0 Å². The van der Waals surface area contributed by atoms with Gasteiger partial charge in [-0.25, -0.2) is 4.79 Å². The lowest BCUT2D eigenvalue weighted by Gasteiger charge is -2.32. The summed E-state index contributed by atoms with van der Waals surface area (Å²) >= 11 is 1.58. The van der Waals surface area contributed by atoms with E-state index in [1.54, 1.807) is 11.8 Å². The molecule has 0 aromatic heterocycles. The van der Waals surface area contributed by atoms with Gasteiger partial charge in [0.2, 0.25) is 0 Å². The van der Waals surface area contributed by atoms with Gasteiger partial charge in [-0.15, -0.1) is 0 Å². The Morgan fingerprint density at radius 1 is 1.38 bits per heavy atom. The molecule has 118 valence electrons. The molecule has 0 bridgehead atoms. The van der Waals surface area contributed by atoms with Crippen LogP contribution in [0.2, 0.25) is 0 Å². The summed E-state index contributed by atoms with van der Waals surface area (Å²) in [6, 6.07) is 9.32. The summed E-state index contributed by atoms with van der Waals surface area (Å²) in [6.45, 7) is 4.81. The summed E-state index contributed by atoms with van der Waals surface area (Å²) in [7, 11) is 0. The molecule has 0 fully saturated rings. The highest BCUT2D eigenvalue weighted by Gasteiger charge is 2.40. The van der Waals surface area contributed by atoms with Crippen LogP contribution in [0.3, 0.4) is 0 Å². The SMILES string of the molecule is CCCNC(CSC(C)CCO)(C(=O)O)c1ccccc1. The molecular formula is C16H25NO3S. The van der Waals surface area contributed by atoms with Crippen molar-refractivity contribution in [1.29, 1.82) is 0 Å². The van der Waals surface area contributed by atoms with Crippen molar-refractivity contribution < 1.29 is 15.0 Å². The van der Waals surface area contributed by atoms with E-state index < -0.39 is 11.5 Å². The van der Waals surface area contributed by atoms with Crippen molar-refractivity contribution >= 4 is 17.7 Å². The number of hydrogen-bond donors (Lipinski definition) is 3. The normalized spacial score (nSPS) is 15.4. The van der Waals surface area contributed by atoms with Crippen molar-refractivity contribution in [2.75, 3.05) is 18.9 Å². The van der Waals surface area contributed by atoms with E-state index in [0.717, 1.165) is 12.0 Å². The van der Waals surface area contributed by atoms with E-state index in [9.17, 15) is 9.90 Å². The minimum Gasteiger partial charge on any atom is -0.480 e. The average molecular weight is 311 g/mol. The molecule has 0 saturated carbocycles. The first-order valence-electron chi connectivity index (χ1n) is 7.33. The number of aliphatic hydroxyl groups excluding tert-OH is 1. The number of aliphatic carboxylic acids is 1. The first-order valence-corrected chi connectivity index (χ1v) is 8.38. The number of carboxylic acids is 1. The third kappa shape index (κ3) is 5.02. The maximum atomic E-state index is 12.0. The lowest BCUT2D eigenvalue weighted by molar-refractivity contribution is -0.144. The summed E-state index contributed by atoms with van der Waals surface area (Å²) < 4.78 is 0. The molecule has 0 aliphatic heterocycles. The van der Waals surface area contributed by atoms with Gasteiger partial charge in [-0.05, 0) is 24.9 Å². The maximum Gasteiger partial charge on any atom is 0.329 e. The van der Waals surface area contributed by atoms with Crippen LogP contribution in [-0.4, -0.2) is 40.3 Å². The second-order valence-corrected chi connectivity index (χ2v) is 6.56. The molecule has 1 aromatic rings. The third-order valence-corrected chi connectivity index (χ3v) is 4.83. The first-order chi connectivity index (χ1) is 10.1. The van der Waals surface area contributed by atoms with Crippen LogP contribution in [0.25, 0.3) is 0 Å². The Balaban J connectivity index is 2.99. The quantitative estimate of drug-likeness (QED) is 0.619. The number of thioether (sulfide) groups is 1. The van der Waals surface area contributed by atoms with Gasteiger partial charge >= 0.3 is 5.97 Å². The second kappa shape index (κ2) is 9.07. The molecule has 0 amide bonds. The van der Waals surface area contributed by atoms with Crippen LogP contribution >= 0.6 is 11.8 Å². The Bertz CT molecular complexity index is 427. The number of rotatable bonds is 10. The molecule has 0 heterocycles. The highest BCUT2D eigenvalue weighted by Crippen LogP contribution is 2.29. The van der Waals surface area contributed by atoms with Crippen molar-refractivity contribution in [2.24, 2.45) is 0 Å². The Morgan fingerprint density at radius 2 is 2.05 bits per heavy atom. The van der Waals surface area contributed by atoms with Crippen LogP contribution in [0.1, 0.15) is 32.3 Å². The zero-order chi connectivity index (χ0) is 15.7. The van der Waals surface area contributed by atoms with E-state index in [4.69, 9.17) is 5.11 Å². The Hall–Kier alpha value is -1.04. The van der Waals surface area contributed by atoms with Gasteiger partial charge in [0.25, 0.3) is 0 Å². The van der Waals surface area contributed by atoms with Crippen molar-refractivity contribution in [3.8, 4) is 0 Å². The van der Waals surface area contributed by atoms with Gasteiger partial charge in [-0.1, -0.05) is 44.2 Å². The molecule has 21 heavy (non-hydrogen) atoms. The minimum atomic E-state index is -1.08. The number of hydrogen-bond acceptors (Lipinski definition) is 4. The second-order valence-electron chi connectivity index (χ2n) is 5.14. The fourth-order valence-electron chi connectivity index (χ4n) is 2.09. The van der Waals surface area contributed by atoms with Crippen molar-refractivity contribution in [3.63, 3.8) is 0 Å². The Morgan fingerprint density at radius 3 is 2.57 bits per heavy atom. The van der Waals surface area contributed by atoms with Crippen molar-refractivity contribution in [1.82, 2.24) is 5.32 Å². The molecular weight excluding hydrogens is 286 g/mol. The van der Waals surface area contributed by atoms with Crippen molar-refractivity contribution in [3.05, 3.63) is 35.9 Å². The van der Waals surface area contributed by atoms with E-state index in [2.05, 4.69) is 5.32 Å². The predicted molar refractivity (Wildman–Crippen MR) is 87.7 cm³/mol. The largest absolute Gasteiger partial charge is 0.480 e. The molecule has 4 nitrogen and oxygen atoms in total. The standard InChI is InChI=1S/C16H25NO3S/c1-3-10-17-16(15(19)20,12-21-13(2)9-11-18)14-7-5-4-6-8-14/h4-8,13,17-18H,3,9-12H2,1-2H3,(H,19,20). The average Bonchev–Trinajstić information content (AvgIpc) is 2.48. The van der Waals surface area contributed by atoms with E-state index in [0.29, 0.717) is 18.7 Å². The molecule has 0 aliphatic rings. The molecule has 1 aromatic carbocycles. The van der Waals surface area contributed by atoms with Gasteiger partial charge in [-0.3, -0.25) is 5.32 Å². The van der Waals surface area contributed by atoms with Crippen LogP contribution < -0.4 is 5.32 Å². The topological polar surface area (TPSA) is 69.6 Å². The highest BCUT2D eigenvalue weighted by molar-refractivity contribution is 7.99. The Labute approximate surface area is 131 Å². The Kier molecular flexibility index (Phi) is 7.78. The van der Waals surface area contributed by atoms with Gasteiger partial charge in [0, 0.05) is 17.6 Å². The molecule has 2 atom stereocenters. The molecule has 1 rings (SSSR count). The molecule has 0 radical (unpaired) electrons. The summed E-state index contributed by atoms with van der Waals surface area (Å²) in [5, 5.41) is 22.2. The molecule has 2 unspecified atom stereocenters. The van der Waals surface area contributed by atoms with Crippen LogP contribution in [0, 0.1) is 0 Å². The number of aliphatic hydroxyl groups is 1. The van der Waals surface area contributed by atoms with Crippen LogP contribution in [0.5, 0.6) is 0 Å². The summed E-state index contributed by atoms with van der Waals surface area (Å²) in [5.41, 5.74) is -0.305. The van der Waals surface area contributed by atoms with Gasteiger partial charge in [-0.2, -0.15) is 11.8 Å². The summed E-state index contributed by atoms with van der Waals surface area (Å²) in [6.07, 6.45) is 1.54. The predicted octanol–water partition coefficient (Wildman–Crippen LogP) is 2.47. The zero-order valence-corrected chi connectivity index (χ0v) is 13.5. The first kappa shape index (κ1) is 18.0. The fraction of sp³-hybridized carbons (Fsp3) is 0.562. The van der Waals surface area contributed by atoms with Crippen LogP contribution in [-0.2, 0) is 10.3 Å². The van der Waals surface area contributed by atoms with E-state index >= 15 is 0 Å². The zero-order valence-electron chi connectivity index (χ0n) is 12.7. The molecule has 0 saturated heterocycles. The van der Waals surface area contributed by atoms with Crippen molar-refractivity contribution in [2.45, 2.75) is 37.5 Å². The lowest BCUT2D eigenvalue weighted by Crippen LogP contribution is -2.52. The van der Waals surface area contributed by atoms with Gasteiger partial charge in [0.1, 0.15) is 0 Å². The third-order valence-electron chi connectivity index (χ3n) is 3.43. The van der Waals surface area contributed by atoms with Gasteiger partial charge < -0.3 is 10.2 Å². The van der Waals surface area contributed by atoms with Gasteiger partial charge in [0.15, 0.2) is 5.54 Å². The summed E-state index contributed by atoms with van der Waals surface area (Å²) in [4.78, 5) is 12.0. The molecule has 0 spiro atoms. The van der Waals surface area contributed by atoms with E-state index in [1.165, 1.54) is 0 Å². The number of benzene rings is 1. The number of nitrogens with one attached hydrogen (secondary N) is 1. The van der Waals surface area contributed by atoms with E-state index in [-0.39, 0.29) is 11.9 Å². The molecule has 0 aliphatic carbocycles. The van der Waals surface area contributed by atoms with Gasteiger partial charge in [0.05, 0.1) is 0 Å². The molecule has 5 heteroatoms. The van der Waals surface area contributed by atoms with E-state index in [1.807, 2.05) is 44.2 Å². The fourth-order valence-corrected chi connectivity index (χ4v) is 3.29. The summed E-state index contributed by atoms with van der Waals surface area (Å²) in [5.74, 6) is -0.418. The minimum absolute atomic E-state index is 0.127. The number of carbonyl (C=O) groups is 1. The monoisotopic (exact) mass is 311 g/mol. The highest BCUT2D eigenvalue weighted by atomic mass is 32.2. The molecule has 3 N–H and O–H groups in total. The maximum absolute atomic E-state index is 12.0.